The zero-order chi connectivity index (χ0) is 8.81. The van der Waals surface area contributed by atoms with Crippen molar-refractivity contribution in [3.05, 3.63) is 3.76 Å². The molecular weight excluding hydrogens is 232 g/mol. The summed E-state index contributed by atoms with van der Waals surface area (Å²) >= 11 is -10.2. The Morgan fingerprint density at radius 3 is 1.82 bits per heavy atom. The number of hydrogen-bond donors (Lipinski definition) is 0. The van der Waals surface area contributed by atoms with E-state index in [-0.39, 0.29) is 0 Å². The van der Waals surface area contributed by atoms with Crippen LogP contribution in [0, 0.1) is 12.0 Å². The van der Waals surface area contributed by atoms with Crippen molar-refractivity contribution >= 4 is 13.9 Å². The second-order valence-corrected chi connectivity index (χ2v) is 7.21. The molecule has 0 heterocycles. The molecule has 0 saturated heterocycles. The fourth-order valence-corrected chi connectivity index (χ4v) is 1.20. The van der Waals surface area contributed by atoms with Crippen LogP contribution < -0.4 is 0 Å². The molecule has 66 valence electrons. The number of rotatable bonds is 0. The van der Waals surface area contributed by atoms with E-state index in [1.807, 2.05) is 0 Å². The quantitative estimate of drug-likeness (QED) is 0.450. The summed E-state index contributed by atoms with van der Waals surface area (Å²) in [6.45, 7) is 0. The first kappa shape index (κ1) is 8.79. The molecule has 0 radical (unpaired) electrons. The Hall–Kier alpha value is -0.302. The molecule has 0 bridgehead atoms. The monoisotopic (exact) mass is 237 g/mol. The van der Waals surface area contributed by atoms with Gasteiger partial charge in [-0.3, -0.25) is 0 Å². The summed E-state index contributed by atoms with van der Waals surface area (Å²) in [5.74, 6) is -0.500. The van der Waals surface area contributed by atoms with Gasteiger partial charge in [0.05, 0.1) is 0 Å². The van der Waals surface area contributed by atoms with Crippen LogP contribution in [0.1, 0.15) is 12.8 Å². The van der Waals surface area contributed by atoms with Gasteiger partial charge in [-0.15, -0.1) is 0 Å². The van der Waals surface area contributed by atoms with E-state index in [9.17, 15) is 17.3 Å². The van der Waals surface area contributed by atoms with Crippen LogP contribution in [0.15, 0.2) is 0 Å². The molecule has 0 aliphatic heterocycles. The van der Waals surface area contributed by atoms with Crippen molar-refractivity contribution in [1.82, 2.24) is 0 Å². The maximum absolute atomic E-state index is 11.4. The first-order valence-electron chi connectivity index (χ1n) is 2.87. The van der Waals surface area contributed by atoms with Gasteiger partial charge in [-0.05, 0) is 0 Å². The molecule has 11 heavy (non-hydrogen) atoms. The van der Waals surface area contributed by atoms with Gasteiger partial charge in [-0.1, -0.05) is 0 Å². The van der Waals surface area contributed by atoms with Gasteiger partial charge >= 0.3 is 59.9 Å². The Morgan fingerprint density at radius 2 is 1.55 bits per heavy atom. The molecule has 7 heteroatoms. The predicted octanol–water partition coefficient (Wildman–Crippen LogP) is 2.91. The van der Waals surface area contributed by atoms with Gasteiger partial charge in [0.1, 0.15) is 0 Å². The summed E-state index contributed by atoms with van der Waals surface area (Å²) in [6.07, 6.45) is 0.958. The van der Waals surface area contributed by atoms with Gasteiger partial charge in [0, 0.05) is 0 Å². The Labute approximate surface area is 60.6 Å². The standard InChI is InChI=1S/C4H5AsF5N/c6-5(7,8,9,10)11-3-4-1-2-4/h4H,1-2H2. The zero-order valence-electron chi connectivity index (χ0n) is 5.28. The van der Waals surface area contributed by atoms with Crippen molar-refractivity contribution < 1.29 is 17.3 Å². The zero-order valence-corrected chi connectivity index (χ0v) is 7.15. The Kier molecular flexibility index (Phi) is 1.25. The predicted molar refractivity (Wildman–Crippen MR) is 31.3 cm³/mol. The van der Waals surface area contributed by atoms with E-state index in [4.69, 9.17) is 0 Å². The molecule has 0 N–H and O–H groups in total. The molecule has 0 amide bonds. The third-order valence-corrected chi connectivity index (χ3v) is 2.04. The minimum atomic E-state index is -10.2. The average molecular weight is 237 g/mol. The van der Waals surface area contributed by atoms with Crippen LogP contribution in [0.2, 0.25) is 0 Å². The molecule has 0 aromatic carbocycles. The fraction of sp³-hybridized carbons (Fsp3) is 0.750. The van der Waals surface area contributed by atoms with Crippen molar-refractivity contribution in [1.29, 1.82) is 0 Å². The fourth-order valence-electron chi connectivity index (χ4n) is 0.403. The maximum atomic E-state index is 11.4. The Bertz CT molecular complexity index is 237. The van der Waals surface area contributed by atoms with E-state index in [0.29, 0.717) is 12.8 Å². The first-order chi connectivity index (χ1) is 4.55. The van der Waals surface area contributed by atoms with Crippen LogP contribution in [0.5, 0.6) is 0 Å². The van der Waals surface area contributed by atoms with Crippen LogP contribution in [0.4, 0.5) is 17.3 Å². The van der Waals surface area contributed by atoms with E-state index in [1.165, 1.54) is 9.83 Å². The minimum absolute atomic E-state index is 0.479. The summed E-state index contributed by atoms with van der Waals surface area (Å²) < 4.78 is 58.5. The van der Waals surface area contributed by atoms with E-state index in [0.717, 1.165) is 0 Å². The second kappa shape index (κ2) is 1.56. The number of hydrogen-bond acceptors (Lipinski definition) is 0. The summed E-state index contributed by atoms with van der Waals surface area (Å²) in [6, 6.07) is 1.41. The van der Waals surface area contributed by atoms with E-state index >= 15 is 0 Å². The van der Waals surface area contributed by atoms with Crippen LogP contribution >= 0.6 is 0 Å². The van der Waals surface area contributed by atoms with Gasteiger partial charge in [0.15, 0.2) is 0 Å². The molecule has 1 saturated carbocycles. The van der Waals surface area contributed by atoms with Crippen LogP contribution in [0.25, 0.3) is 3.76 Å². The van der Waals surface area contributed by atoms with Crippen molar-refractivity contribution in [3.63, 3.8) is 0 Å². The Balaban J connectivity index is 2.84. The van der Waals surface area contributed by atoms with Crippen molar-refractivity contribution in [3.8, 4) is 6.07 Å². The van der Waals surface area contributed by atoms with Gasteiger partial charge in [0.2, 0.25) is 0 Å². The normalized spacial score (nSPS) is 24.5. The van der Waals surface area contributed by atoms with Crippen LogP contribution in [-0.4, -0.2) is 13.9 Å². The number of nitrogens with zero attached hydrogens (tertiary/aromatic N) is 1. The van der Waals surface area contributed by atoms with Gasteiger partial charge < -0.3 is 0 Å². The van der Waals surface area contributed by atoms with Crippen molar-refractivity contribution in [2.24, 2.45) is 5.92 Å². The molecule has 0 aromatic heterocycles. The molecular formula is C4H5AsF5N. The summed E-state index contributed by atoms with van der Waals surface area (Å²) in [5, 5.41) is 0. The number of halogens is 5. The summed E-state index contributed by atoms with van der Waals surface area (Å²) in [5.41, 5.74) is 0. The molecule has 0 aromatic rings. The van der Waals surface area contributed by atoms with E-state index < -0.39 is 19.8 Å². The SMILES string of the molecule is F[As-](F)(F)(F)(F)[N+]#CC1CC1. The first-order valence-corrected chi connectivity index (χ1v) is 7.26. The topological polar surface area (TPSA) is 4.36 Å². The van der Waals surface area contributed by atoms with E-state index in [2.05, 4.69) is 0 Å². The molecule has 0 atom stereocenters. The van der Waals surface area contributed by atoms with Crippen LogP contribution in [0.3, 0.4) is 0 Å². The van der Waals surface area contributed by atoms with Gasteiger partial charge in [0.25, 0.3) is 0 Å². The summed E-state index contributed by atoms with van der Waals surface area (Å²) in [7, 11) is 0. The molecule has 1 aliphatic carbocycles. The average Bonchev–Trinajstić information content (AvgIpc) is 2.34. The van der Waals surface area contributed by atoms with Crippen molar-refractivity contribution in [2.75, 3.05) is 0 Å². The molecule has 1 fully saturated rings. The summed E-state index contributed by atoms with van der Waals surface area (Å²) in [4.78, 5) is 0. The molecule has 1 nitrogen and oxygen atoms in total. The molecule has 0 spiro atoms. The van der Waals surface area contributed by atoms with Gasteiger partial charge in [-0.2, -0.15) is 0 Å². The third kappa shape index (κ3) is 5.02. The molecule has 1 rings (SSSR count). The van der Waals surface area contributed by atoms with Crippen molar-refractivity contribution in [2.45, 2.75) is 12.8 Å². The third-order valence-electron chi connectivity index (χ3n) is 1.01. The van der Waals surface area contributed by atoms with E-state index in [1.54, 1.807) is 0 Å². The second-order valence-electron chi connectivity index (χ2n) is 2.52. The van der Waals surface area contributed by atoms with Gasteiger partial charge in [-0.25, -0.2) is 0 Å². The van der Waals surface area contributed by atoms with Crippen LogP contribution in [-0.2, 0) is 0 Å². The molecule has 0 unspecified atom stereocenters. The Morgan fingerprint density at radius 1 is 1.09 bits per heavy atom. The molecule has 1 aliphatic rings.